The normalized spacial score (nSPS) is 10.2. The van der Waals surface area contributed by atoms with Gasteiger partial charge in [0.1, 0.15) is 5.82 Å². The third-order valence-corrected chi connectivity index (χ3v) is 3.24. The molecular formula is C13H13BrClN3. The maximum atomic E-state index is 5.86. The smallest absolute Gasteiger partial charge is 0.144 e. The molecule has 0 amide bonds. The van der Waals surface area contributed by atoms with Gasteiger partial charge in [0, 0.05) is 31.7 Å². The van der Waals surface area contributed by atoms with E-state index in [1.54, 1.807) is 6.20 Å². The van der Waals surface area contributed by atoms with Crippen LogP contribution in [0.5, 0.6) is 0 Å². The summed E-state index contributed by atoms with van der Waals surface area (Å²) in [6.45, 7) is 0. The van der Waals surface area contributed by atoms with Crippen molar-refractivity contribution in [2.75, 3.05) is 24.3 Å². The largest absolute Gasteiger partial charge is 0.378 e. The maximum absolute atomic E-state index is 5.86. The summed E-state index contributed by atoms with van der Waals surface area (Å²) in [4.78, 5) is 6.30. The predicted octanol–water partition coefficient (Wildman–Crippen LogP) is 4.31. The Bertz CT molecular complexity index is 558. The van der Waals surface area contributed by atoms with Crippen LogP contribution in [0.2, 0.25) is 5.02 Å². The fourth-order valence-electron chi connectivity index (χ4n) is 1.51. The van der Waals surface area contributed by atoms with Crippen LogP contribution in [0.4, 0.5) is 17.2 Å². The van der Waals surface area contributed by atoms with Gasteiger partial charge in [-0.15, -0.1) is 0 Å². The minimum absolute atomic E-state index is 0.606. The molecular weight excluding hydrogens is 314 g/mol. The Morgan fingerprint density at radius 2 is 2.06 bits per heavy atom. The first-order valence-corrected chi connectivity index (χ1v) is 6.59. The number of hydrogen-bond donors (Lipinski definition) is 1. The molecule has 0 aliphatic carbocycles. The van der Waals surface area contributed by atoms with Crippen molar-refractivity contribution in [1.82, 2.24) is 4.98 Å². The van der Waals surface area contributed by atoms with Crippen LogP contribution in [0.15, 0.2) is 41.0 Å². The summed E-state index contributed by atoms with van der Waals surface area (Å²) < 4.78 is 0.838. The van der Waals surface area contributed by atoms with E-state index < -0.39 is 0 Å². The second-order valence-electron chi connectivity index (χ2n) is 4.05. The van der Waals surface area contributed by atoms with Crippen LogP contribution in [0.25, 0.3) is 0 Å². The zero-order valence-electron chi connectivity index (χ0n) is 10.1. The van der Waals surface area contributed by atoms with Gasteiger partial charge in [-0.05, 0) is 40.2 Å². The van der Waals surface area contributed by atoms with Crippen molar-refractivity contribution in [3.8, 4) is 0 Å². The van der Waals surface area contributed by atoms with Gasteiger partial charge >= 0.3 is 0 Å². The number of aromatic nitrogens is 1. The second kappa shape index (κ2) is 5.59. The zero-order valence-corrected chi connectivity index (χ0v) is 12.5. The van der Waals surface area contributed by atoms with Crippen LogP contribution in [0.1, 0.15) is 0 Å². The summed E-state index contributed by atoms with van der Waals surface area (Å²) in [6.07, 6.45) is 1.62. The summed E-state index contributed by atoms with van der Waals surface area (Å²) in [5, 5.41) is 3.86. The highest BCUT2D eigenvalue weighted by Crippen LogP contribution is 2.27. The van der Waals surface area contributed by atoms with Crippen LogP contribution in [-0.4, -0.2) is 19.1 Å². The lowest BCUT2D eigenvalue weighted by atomic mass is 10.2. The van der Waals surface area contributed by atoms with E-state index in [1.165, 1.54) is 0 Å². The number of anilines is 3. The summed E-state index contributed by atoms with van der Waals surface area (Å²) in [5.74, 6) is 0.746. The van der Waals surface area contributed by atoms with Gasteiger partial charge in [0.15, 0.2) is 0 Å². The monoisotopic (exact) mass is 325 g/mol. The van der Waals surface area contributed by atoms with E-state index >= 15 is 0 Å². The van der Waals surface area contributed by atoms with Crippen molar-refractivity contribution in [1.29, 1.82) is 0 Å². The SMILES string of the molecule is CN(C)c1cccc(Nc2ncc(Cl)cc2Br)c1. The first-order chi connectivity index (χ1) is 8.56. The van der Waals surface area contributed by atoms with Crippen molar-refractivity contribution >= 4 is 44.7 Å². The van der Waals surface area contributed by atoms with Crippen LogP contribution in [0.3, 0.4) is 0 Å². The van der Waals surface area contributed by atoms with Gasteiger partial charge in [-0.25, -0.2) is 4.98 Å². The van der Waals surface area contributed by atoms with Crippen LogP contribution < -0.4 is 10.2 Å². The highest BCUT2D eigenvalue weighted by Gasteiger charge is 2.04. The molecule has 94 valence electrons. The number of rotatable bonds is 3. The Kier molecular flexibility index (Phi) is 4.09. The quantitative estimate of drug-likeness (QED) is 0.911. The molecule has 0 aliphatic rings. The molecule has 5 heteroatoms. The average Bonchev–Trinajstić information content (AvgIpc) is 2.33. The number of nitrogens with zero attached hydrogens (tertiary/aromatic N) is 2. The Morgan fingerprint density at radius 3 is 2.72 bits per heavy atom. The van der Waals surface area contributed by atoms with Crippen LogP contribution in [-0.2, 0) is 0 Å². The van der Waals surface area contributed by atoms with Crippen molar-refractivity contribution < 1.29 is 0 Å². The fraction of sp³-hybridized carbons (Fsp3) is 0.154. The van der Waals surface area contributed by atoms with Gasteiger partial charge in [0.2, 0.25) is 0 Å². The molecule has 2 aromatic rings. The number of benzene rings is 1. The molecule has 0 unspecified atom stereocenters. The maximum Gasteiger partial charge on any atom is 0.144 e. The molecule has 1 N–H and O–H groups in total. The fourth-order valence-corrected chi connectivity index (χ4v) is 2.24. The molecule has 0 saturated heterocycles. The van der Waals surface area contributed by atoms with Gasteiger partial charge in [0.05, 0.1) is 9.50 Å². The summed E-state index contributed by atoms with van der Waals surface area (Å²) in [6, 6.07) is 9.92. The third kappa shape index (κ3) is 3.15. The van der Waals surface area contributed by atoms with E-state index in [1.807, 2.05) is 32.3 Å². The van der Waals surface area contributed by atoms with E-state index in [0.29, 0.717) is 5.02 Å². The van der Waals surface area contributed by atoms with E-state index in [4.69, 9.17) is 11.6 Å². The first-order valence-electron chi connectivity index (χ1n) is 5.42. The minimum Gasteiger partial charge on any atom is -0.378 e. The standard InChI is InChI=1S/C13H13BrClN3/c1-18(2)11-5-3-4-10(7-11)17-13-12(14)6-9(15)8-16-13/h3-8H,1-2H3,(H,16,17). The topological polar surface area (TPSA) is 28.2 Å². The molecule has 1 aromatic heterocycles. The van der Waals surface area contributed by atoms with Gasteiger partial charge in [-0.3, -0.25) is 0 Å². The number of nitrogens with one attached hydrogen (secondary N) is 1. The molecule has 0 bridgehead atoms. The molecule has 0 aliphatic heterocycles. The molecule has 18 heavy (non-hydrogen) atoms. The molecule has 1 heterocycles. The third-order valence-electron chi connectivity index (χ3n) is 2.43. The molecule has 0 radical (unpaired) electrons. The van der Waals surface area contributed by atoms with E-state index in [9.17, 15) is 0 Å². The van der Waals surface area contributed by atoms with Crippen LogP contribution >= 0.6 is 27.5 Å². The number of hydrogen-bond acceptors (Lipinski definition) is 3. The van der Waals surface area contributed by atoms with Crippen molar-refractivity contribution in [3.05, 3.63) is 46.0 Å². The highest BCUT2D eigenvalue weighted by molar-refractivity contribution is 9.10. The lowest BCUT2D eigenvalue weighted by Gasteiger charge is -2.14. The van der Waals surface area contributed by atoms with Gasteiger partial charge < -0.3 is 10.2 Å². The van der Waals surface area contributed by atoms with Gasteiger partial charge in [-0.2, -0.15) is 0 Å². The Hall–Kier alpha value is -1.26. The summed E-state index contributed by atoms with van der Waals surface area (Å²) in [5.41, 5.74) is 2.11. The Balaban J connectivity index is 2.25. The molecule has 2 rings (SSSR count). The lowest BCUT2D eigenvalue weighted by molar-refractivity contribution is 1.13. The Labute approximate surface area is 120 Å². The molecule has 0 saturated carbocycles. The number of pyridine rings is 1. The summed E-state index contributed by atoms with van der Waals surface area (Å²) in [7, 11) is 4.02. The summed E-state index contributed by atoms with van der Waals surface area (Å²) >= 11 is 9.29. The van der Waals surface area contributed by atoms with Gasteiger partial charge in [-0.1, -0.05) is 17.7 Å². The molecule has 0 fully saturated rings. The number of halogens is 2. The lowest BCUT2D eigenvalue weighted by Crippen LogP contribution is -2.08. The molecule has 0 spiro atoms. The molecule has 0 atom stereocenters. The first kappa shape index (κ1) is 13.2. The zero-order chi connectivity index (χ0) is 13.1. The van der Waals surface area contributed by atoms with Gasteiger partial charge in [0.25, 0.3) is 0 Å². The average molecular weight is 327 g/mol. The molecule has 3 nitrogen and oxygen atoms in total. The van der Waals surface area contributed by atoms with Crippen molar-refractivity contribution in [2.45, 2.75) is 0 Å². The van der Waals surface area contributed by atoms with Crippen LogP contribution in [0, 0.1) is 0 Å². The van der Waals surface area contributed by atoms with E-state index in [-0.39, 0.29) is 0 Å². The second-order valence-corrected chi connectivity index (χ2v) is 5.34. The Morgan fingerprint density at radius 1 is 1.28 bits per heavy atom. The van der Waals surface area contributed by atoms with E-state index in [2.05, 4.69) is 43.3 Å². The molecule has 1 aromatic carbocycles. The predicted molar refractivity (Wildman–Crippen MR) is 81.0 cm³/mol. The van der Waals surface area contributed by atoms with E-state index in [0.717, 1.165) is 21.7 Å². The van der Waals surface area contributed by atoms with Crippen molar-refractivity contribution in [2.24, 2.45) is 0 Å². The minimum atomic E-state index is 0.606. The highest BCUT2D eigenvalue weighted by atomic mass is 79.9. The van der Waals surface area contributed by atoms with Crippen molar-refractivity contribution in [3.63, 3.8) is 0 Å².